The van der Waals surface area contributed by atoms with E-state index in [1.165, 1.54) is 0 Å². The topological polar surface area (TPSA) is 51.6 Å². The number of rotatable bonds is 2. The third kappa shape index (κ3) is 2.45. The third-order valence-electron chi connectivity index (χ3n) is 4.08. The summed E-state index contributed by atoms with van der Waals surface area (Å²) in [6, 6.07) is 18.1. The highest BCUT2D eigenvalue weighted by molar-refractivity contribution is 7.13. The Balaban J connectivity index is 1.66. The van der Waals surface area contributed by atoms with Gasteiger partial charge in [-0.3, -0.25) is 9.97 Å². The van der Waals surface area contributed by atoms with Gasteiger partial charge in [-0.05, 0) is 24.3 Å². The lowest BCUT2D eigenvalue weighted by Crippen LogP contribution is -1.88. The molecule has 0 aliphatic carbocycles. The number of aromatic nitrogens is 4. The van der Waals surface area contributed by atoms with E-state index in [9.17, 15) is 0 Å². The van der Waals surface area contributed by atoms with Crippen LogP contribution in [0.3, 0.4) is 0 Å². The van der Waals surface area contributed by atoms with E-state index in [1.54, 1.807) is 23.7 Å². The van der Waals surface area contributed by atoms with E-state index in [0.29, 0.717) is 0 Å². The lowest BCUT2D eigenvalue weighted by Gasteiger charge is -2.04. The highest BCUT2D eigenvalue weighted by atomic mass is 32.1. The molecule has 0 radical (unpaired) electrons. The minimum absolute atomic E-state index is 0.859. The van der Waals surface area contributed by atoms with Gasteiger partial charge in [0.25, 0.3) is 0 Å². The van der Waals surface area contributed by atoms with Crippen LogP contribution in [-0.4, -0.2) is 19.9 Å². The minimum Gasteiger partial charge on any atom is -0.255 e. The summed E-state index contributed by atoms with van der Waals surface area (Å²) < 4.78 is 0. The Labute approximate surface area is 147 Å². The van der Waals surface area contributed by atoms with Gasteiger partial charge in [-0.25, -0.2) is 9.97 Å². The van der Waals surface area contributed by atoms with Gasteiger partial charge in [0.15, 0.2) is 0 Å². The normalized spacial score (nSPS) is 11.2. The van der Waals surface area contributed by atoms with Gasteiger partial charge in [-0.2, -0.15) is 0 Å². The number of hydrogen-bond donors (Lipinski definition) is 0. The van der Waals surface area contributed by atoms with Crippen LogP contribution < -0.4 is 0 Å². The summed E-state index contributed by atoms with van der Waals surface area (Å²) in [7, 11) is 0. The zero-order valence-electron chi connectivity index (χ0n) is 13.1. The summed E-state index contributed by atoms with van der Waals surface area (Å²) in [6.45, 7) is 0. The largest absolute Gasteiger partial charge is 0.255 e. The van der Waals surface area contributed by atoms with E-state index in [2.05, 4.69) is 34.2 Å². The Bertz CT molecular complexity index is 1200. The van der Waals surface area contributed by atoms with Crippen LogP contribution in [0.15, 0.2) is 72.4 Å². The Hall–Kier alpha value is -3.18. The van der Waals surface area contributed by atoms with Gasteiger partial charge in [0.05, 0.1) is 22.4 Å². The zero-order chi connectivity index (χ0) is 16.6. The molecular formula is C20H12N4S. The third-order valence-corrected chi connectivity index (χ3v) is 4.95. The molecule has 0 saturated heterocycles. The Kier molecular flexibility index (Phi) is 3.24. The molecule has 4 heterocycles. The molecule has 25 heavy (non-hydrogen) atoms. The second-order valence-electron chi connectivity index (χ2n) is 5.66. The second kappa shape index (κ2) is 5.72. The quantitative estimate of drug-likeness (QED) is 0.426. The molecular weight excluding hydrogens is 328 g/mol. The standard InChI is InChI=1S/C20H12N4S/c1-2-10-21-15(5-1)17-12-25-20(24-17)16-9-8-14-7-6-13-4-3-11-22-18(13)19(14)23-16/h1-12H. The minimum atomic E-state index is 0.859. The number of nitrogens with zero attached hydrogens (tertiary/aromatic N) is 4. The van der Waals surface area contributed by atoms with E-state index in [-0.39, 0.29) is 0 Å². The van der Waals surface area contributed by atoms with E-state index in [1.807, 2.05) is 35.7 Å². The van der Waals surface area contributed by atoms with Gasteiger partial charge in [-0.15, -0.1) is 11.3 Å². The SMILES string of the molecule is c1ccc(-c2csc(-c3ccc4ccc5cccnc5c4n3)n2)nc1. The van der Waals surface area contributed by atoms with Crippen LogP contribution in [0.1, 0.15) is 0 Å². The fourth-order valence-electron chi connectivity index (χ4n) is 2.87. The number of fused-ring (bicyclic) bond motifs is 3. The molecule has 0 saturated carbocycles. The molecule has 5 rings (SSSR count). The van der Waals surface area contributed by atoms with Crippen molar-refractivity contribution in [2.24, 2.45) is 0 Å². The van der Waals surface area contributed by atoms with Crippen LogP contribution in [0.4, 0.5) is 0 Å². The number of thiazole rings is 1. The van der Waals surface area contributed by atoms with Gasteiger partial charge < -0.3 is 0 Å². The smallest absolute Gasteiger partial charge is 0.142 e. The predicted octanol–water partition coefficient (Wildman–Crippen LogP) is 4.97. The Morgan fingerprint density at radius 3 is 2.32 bits per heavy atom. The fourth-order valence-corrected chi connectivity index (χ4v) is 3.65. The first-order valence-electron chi connectivity index (χ1n) is 7.90. The van der Waals surface area contributed by atoms with Crippen LogP contribution in [0.25, 0.3) is 43.9 Å². The summed E-state index contributed by atoms with van der Waals surface area (Å²) in [4.78, 5) is 18.4. The molecule has 0 fully saturated rings. The average molecular weight is 340 g/mol. The monoisotopic (exact) mass is 340 g/mol. The summed E-state index contributed by atoms with van der Waals surface area (Å²) in [5.74, 6) is 0. The highest BCUT2D eigenvalue weighted by Gasteiger charge is 2.10. The molecule has 0 aliphatic heterocycles. The van der Waals surface area contributed by atoms with Crippen LogP contribution in [-0.2, 0) is 0 Å². The first-order chi connectivity index (χ1) is 12.4. The zero-order valence-corrected chi connectivity index (χ0v) is 13.9. The molecule has 0 aliphatic rings. The predicted molar refractivity (Wildman–Crippen MR) is 101 cm³/mol. The second-order valence-corrected chi connectivity index (χ2v) is 6.52. The molecule has 1 aromatic carbocycles. The average Bonchev–Trinajstić information content (AvgIpc) is 3.18. The molecule has 0 amide bonds. The van der Waals surface area contributed by atoms with Gasteiger partial charge >= 0.3 is 0 Å². The summed E-state index contributed by atoms with van der Waals surface area (Å²) >= 11 is 1.58. The first kappa shape index (κ1) is 14.2. The summed E-state index contributed by atoms with van der Waals surface area (Å²) in [6.07, 6.45) is 3.58. The van der Waals surface area contributed by atoms with Crippen molar-refractivity contribution in [3.63, 3.8) is 0 Å². The van der Waals surface area contributed by atoms with Crippen molar-refractivity contribution < 1.29 is 0 Å². The van der Waals surface area contributed by atoms with Gasteiger partial charge in [0, 0.05) is 28.5 Å². The Morgan fingerprint density at radius 2 is 1.44 bits per heavy atom. The summed E-state index contributed by atoms with van der Waals surface area (Å²) in [5, 5.41) is 5.07. The van der Waals surface area contributed by atoms with Crippen molar-refractivity contribution >= 4 is 33.1 Å². The molecule has 5 aromatic rings. The fraction of sp³-hybridized carbons (Fsp3) is 0. The molecule has 0 spiro atoms. The maximum Gasteiger partial charge on any atom is 0.142 e. The van der Waals surface area contributed by atoms with E-state index >= 15 is 0 Å². The van der Waals surface area contributed by atoms with Gasteiger partial charge in [0.1, 0.15) is 10.7 Å². The first-order valence-corrected chi connectivity index (χ1v) is 8.78. The molecule has 4 aromatic heterocycles. The van der Waals surface area contributed by atoms with Gasteiger partial charge in [-0.1, -0.05) is 30.3 Å². The van der Waals surface area contributed by atoms with E-state index in [0.717, 1.165) is 43.9 Å². The van der Waals surface area contributed by atoms with Crippen LogP contribution in [0, 0.1) is 0 Å². The van der Waals surface area contributed by atoms with Gasteiger partial charge in [0.2, 0.25) is 0 Å². The van der Waals surface area contributed by atoms with Crippen molar-refractivity contribution in [1.82, 2.24) is 19.9 Å². The highest BCUT2D eigenvalue weighted by Crippen LogP contribution is 2.29. The molecule has 118 valence electrons. The van der Waals surface area contributed by atoms with Crippen molar-refractivity contribution in [1.29, 1.82) is 0 Å². The Morgan fingerprint density at radius 1 is 0.600 bits per heavy atom. The van der Waals surface area contributed by atoms with E-state index < -0.39 is 0 Å². The maximum atomic E-state index is 4.85. The lowest BCUT2D eigenvalue weighted by atomic mass is 10.1. The molecule has 5 heteroatoms. The van der Waals surface area contributed by atoms with Crippen molar-refractivity contribution in [2.45, 2.75) is 0 Å². The van der Waals surface area contributed by atoms with Crippen LogP contribution in [0.2, 0.25) is 0 Å². The van der Waals surface area contributed by atoms with Crippen LogP contribution >= 0.6 is 11.3 Å². The molecule has 0 N–H and O–H groups in total. The maximum absolute atomic E-state index is 4.85. The lowest BCUT2D eigenvalue weighted by molar-refractivity contribution is 1.27. The molecule has 0 atom stereocenters. The van der Waals surface area contributed by atoms with Crippen molar-refractivity contribution in [3.05, 3.63) is 72.4 Å². The number of hydrogen-bond acceptors (Lipinski definition) is 5. The van der Waals surface area contributed by atoms with E-state index in [4.69, 9.17) is 9.97 Å². The molecule has 0 unspecified atom stereocenters. The number of benzene rings is 1. The summed E-state index contributed by atoms with van der Waals surface area (Å²) in [5.41, 5.74) is 4.43. The van der Waals surface area contributed by atoms with Crippen molar-refractivity contribution in [2.75, 3.05) is 0 Å². The molecule has 4 nitrogen and oxygen atoms in total. The number of pyridine rings is 3. The molecule has 0 bridgehead atoms. The van der Waals surface area contributed by atoms with Crippen molar-refractivity contribution in [3.8, 4) is 22.1 Å². The van der Waals surface area contributed by atoms with Crippen LogP contribution in [0.5, 0.6) is 0 Å².